The first kappa shape index (κ1) is 13.9. The number of esters is 1. The number of ether oxygens (including phenoxy) is 1. The van der Waals surface area contributed by atoms with Gasteiger partial charge in [-0.3, -0.25) is 0 Å². The SMILES string of the molecule is CCCCCC=CCCC=CC(=O)OC. The topological polar surface area (TPSA) is 26.3 Å². The third kappa shape index (κ3) is 10.9. The molecule has 15 heavy (non-hydrogen) atoms. The summed E-state index contributed by atoms with van der Waals surface area (Å²) in [6.45, 7) is 2.21. The first-order valence-electron chi connectivity index (χ1n) is 5.70. The van der Waals surface area contributed by atoms with Crippen LogP contribution in [0.15, 0.2) is 24.3 Å². The summed E-state index contributed by atoms with van der Waals surface area (Å²) in [6.07, 6.45) is 14.7. The maximum Gasteiger partial charge on any atom is 0.330 e. The van der Waals surface area contributed by atoms with Crippen molar-refractivity contribution in [1.29, 1.82) is 0 Å². The molecule has 0 saturated heterocycles. The molecule has 0 radical (unpaired) electrons. The highest BCUT2D eigenvalue weighted by molar-refractivity contribution is 5.81. The van der Waals surface area contributed by atoms with Crippen LogP contribution in [-0.2, 0) is 9.53 Å². The molecular weight excluding hydrogens is 188 g/mol. The Morgan fingerprint density at radius 2 is 1.73 bits per heavy atom. The summed E-state index contributed by atoms with van der Waals surface area (Å²) in [7, 11) is 1.39. The van der Waals surface area contributed by atoms with Gasteiger partial charge in [0.15, 0.2) is 0 Å². The van der Waals surface area contributed by atoms with E-state index in [-0.39, 0.29) is 5.97 Å². The second kappa shape index (κ2) is 11.0. The van der Waals surface area contributed by atoms with Crippen molar-refractivity contribution in [2.45, 2.75) is 45.4 Å². The summed E-state index contributed by atoms with van der Waals surface area (Å²) >= 11 is 0. The molecule has 0 aromatic carbocycles. The van der Waals surface area contributed by atoms with E-state index in [1.807, 2.05) is 6.08 Å². The standard InChI is InChI=1S/C13H22O2/c1-3-4-5-6-7-8-9-10-11-12-13(14)15-2/h7-8,11-12H,3-6,9-10H2,1-2H3. The first-order chi connectivity index (χ1) is 7.31. The molecule has 0 aromatic heterocycles. The second-order valence-corrected chi connectivity index (χ2v) is 3.47. The van der Waals surface area contributed by atoms with Gasteiger partial charge in [0, 0.05) is 6.08 Å². The van der Waals surface area contributed by atoms with Crippen LogP contribution >= 0.6 is 0 Å². The van der Waals surface area contributed by atoms with Gasteiger partial charge >= 0.3 is 5.97 Å². The van der Waals surface area contributed by atoms with Crippen molar-refractivity contribution < 1.29 is 9.53 Å². The number of allylic oxidation sites excluding steroid dienone is 3. The quantitative estimate of drug-likeness (QED) is 0.265. The lowest BCUT2D eigenvalue weighted by Crippen LogP contribution is -1.93. The molecule has 0 unspecified atom stereocenters. The van der Waals surface area contributed by atoms with Crippen molar-refractivity contribution in [2.75, 3.05) is 7.11 Å². The largest absolute Gasteiger partial charge is 0.466 e. The van der Waals surface area contributed by atoms with Crippen LogP contribution in [0.3, 0.4) is 0 Å². The van der Waals surface area contributed by atoms with Gasteiger partial charge in [-0.05, 0) is 25.7 Å². The number of carbonyl (C=O) groups excluding carboxylic acids is 1. The van der Waals surface area contributed by atoms with Crippen LogP contribution in [0.25, 0.3) is 0 Å². The number of unbranched alkanes of at least 4 members (excludes halogenated alkanes) is 4. The average Bonchev–Trinajstić information content (AvgIpc) is 2.26. The first-order valence-corrected chi connectivity index (χ1v) is 5.70. The molecule has 0 heterocycles. The fraction of sp³-hybridized carbons (Fsp3) is 0.615. The van der Waals surface area contributed by atoms with E-state index in [1.54, 1.807) is 0 Å². The van der Waals surface area contributed by atoms with Gasteiger partial charge in [-0.2, -0.15) is 0 Å². The van der Waals surface area contributed by atoms with E-state index in [1.165, 1.54) is 38.9 Å². The molecule has 0 bridgehead atoms. The molecule has 0 spiro atoms. The van der Waals surface area contributed by atoms with E-state index in [4.69, 9.17) is 0 Å². The van der Waals surface area contributed by atoms with Gasteiger partial charge in [0.1, 0.15) is 0 Å². The Morgan fingerprint density at radius 3 is 2.40 bits per heavy atom. The van der Waals surface area contributed by atoms with Gasteiger partial charge in [-0.15, -0.1) is 0 Å². The zero-order valence-corrected chi connectivity index (χ0v) is 9.87. The number of hydrogen-bond donors (Lipinski definition) is 0. The van der Waals surface area contributed by atoms with Gasteiger partial charge in [-0.25, -0.2) is 4.79 Å². The van der Waals surface area contributed by atoms with Gasteiger partial charge in [0.25, 0.3) is 0 Å². The summed E-state index contributed by atoms with van der Waals surface area (Å²) in [6, 6.07) is 0. The maximum absolute atomic E-state index is 10.7. The van der Waals surface area contributed by atoms with E-state index >= 15 is 0 Å². The Labute approximate surface area is 93.0 Å². The molecule has 0 aliphatic rings. The lowest BCUT2D eigenvalue weighted by Gasteiger charge is -1.92. The Balaban J connectivity index is 3.30. The summed E-state index contributed by atoms with van der Waals surface area (Å²) in [5.41, 5.74) is 0. The minimum Gasteiger partial charge on any atom is -0.466 e. The highest BCUT2D eigenvalue weighted by atomic mass is 16.5. The minimum atomic E-state index is -0.276. The molecular formula is C13H22O2. The fourth-order valence-corrected chi connectivity index (χ4v) is 1.19. The van der Waals surface area contributed by atoms with Gasteiger partial charge in [-0.1, -0.05) is 38.0 Å². The van der Waals surface area contributed by atoms with E-state index in [0.717, 1.165) is 12.8 Å². The van der Waals surface area contributed by atoms with Crippen LogP contribution in [0.5, 0.6) is 0 Å². The maximum atomic E-state index is 10.7. The highest BCUT2D eigenvalue weighted by Gasteiger charge is 1.88. The van der Waals surface area contributed by atoms with Crippen molar-refractivity contribution in [3.05, 3.63) is 24.3 Å². The second-order valence-electron chi connectivity index (χ2n) is 3.47. The van der Waals surface area contributed by atoms with Crippen LogP contribution in [-0.4, -0.2) is 13.1 Å². The molecule has 0 rings (SSSR count). The molecule has 0 N–H and O–H groups in total. The van der Waals surface area contributed by atoms with Crippen LogP contribution in [0.1, 0.15) is 45.4 Å². The molecule has 0 amide bonds. The zero-order chi connectivity index (χ0) is 11.4. The Morgan fingerprint density at radius 1 is 1.07 bits per heavy atom. The lowest BCUT2D eigenvalue weighted by molar-refractivity contribution is -0.134. The molecule has 86 valence electrons. The molecule has 0 aromatic rings. The molecule has 0 fully saturated rings. The Hall–Kier alpha value is -1.05. The van der Waals surface area contributed by atoms with Crippen molar-refractivity contribution in [3.8, 4) is 0 Å². The third-order valence-electron chi connectivity index (χ3n) is 2.10. The van der Waals surface area contributed by atoms with E-state index < -0.39 is 0 Å². The molecule has 0 aliphatic heterocycles. The summed E-state index contributed by atoms with van der Waals surface area (Å²) in [5, 5.41) is 0. The van der Waals surface area contributed by atoms with E-state index in [2.05, 4.69) is 23.8 Å². The smallest absolute Gasteiger partial charge is 0.330 e. The molecule has 2 heteroatoms. The van der Waals surface area contributed by atoms with Crippen molar-refractivity contribution >= 4 is 5.97 Å². The predicted molar refractivity (Wildman–Crippen MR) is 63.7 cm³/mol. The molecule has 0 saturated carbocycles. The lowest BCUT2D eigenvalue weighted by atomic mass is 10.2. The molecule has 0 atom stereocenters. The molecule has 2 nitrogen and oxygen atoms in total. The van der Waals surface area contributed by atoms with Gasteiger partial charge in [0.05, 0.1) is 7.11 Å². The number of methoxy groups -OCH3 is 1. The average molecular weight is 210 g/mol. The fourth-order valence-electron chi connectivity index (χ4n) is 1.19. The minimum absolute atomic E-state index is 0.276. The zero-order valence-electron chi connectivity index (χ0n) is 9.87. The van der Waals surface area contributed by atoms with E-state index in [0.29, 0.717) is 0 Å². The van der Waals surface area contributed by atoms with Crippen molar-refractivity contribution in [2.24, 2.45) is 0 Å². The number of rotatable bonds is 8. The number of carbonyl (C=O) groups is 1. The normalized spacial score (nSPS) is 11.3. The predicted octanol–water partition coefficient (Wildman–Crippen LogP) is 3.63. The van der Waals surface area contributed by atoms with Crippen LogP contribution < -0.4 is 0 Å². The highest BCUT2D eigenvalue weighted by Crippen LogP contribution is 2.01. The van der Waals surface area contributed by atoms with Crippen LogP contribution in [0.2, 0.25) is 0 Å². The monoisotopic (exact) mass is 210 g/mol. The molecule has 0 aliphatic carbocycles. The van der Waals surface area contributed by atoms with Crippen molar-refractivity contribution in [3.63, 3.8) is 0 Å². The summed E-state index contributed by atoms with van der Waals surface area (Å²) < 4.78 is 4.48. The summed E-state index contributed by atoms with van der Waals surface area (Å²) in [5.74, 6) is -0.276. The van der Waals surface area contributed by atoms with Gasteiger partial charge in [0.2, 0.25) is 0 Å². The Kier molecular flexibility index (Phi) is 10.3. The third-order valence-corrected chi connectivity index (χ3v) is 2.10. The van der Waals surface area contributed by atoms with Gasteiger partial charge < -0.3 is 4.74 Å². The van der Waals surface area contributed by atoms with E-state index in [9.17, 15) is 4.79 Å². The van der Waals surface area contributed by atoms with Crippen LogP contribution in [0, 0.1) is 0 Å². The van der Waals surface area contributed by atoms with Crippen LogP contribution in [0.4, 0.5) is 0 Å². The number of hydrogen-bond acceptors (Lipinski definition) is 2. The Bertz CT molecular complexity index is 205. The van der Waals surface area contributed by atoms with Crippen molar-refractivity contribution in [1.82, 2.24) is 0 Å². The summed E-state index contributed by atoms with van der Waals surface area (Å²) in [4.78, 5) is 10.7.